The van der Waals surface area contributed by atoms with Gasteiger partial charge in [0, 0.05) is 23.7 Å². The second-order valence-electron chi connectivity index (χ2n) is 5.17. The molecule has 0 radical (unpaired) electrons. The number of hydrogen-bond donors (Lipinski definition) is 0. The molecule has 1 heterocycles. The molecular formula is C11H19BrN2S. The summed E-state index contributed by atoms with van der Waals surface area (Å²) in [4.78, 5) is 7.03. The lowest BCUT2D eigenvalue weighted by Crippen LogP contribution is -2.52. The summed E-state index contributed by atoms with van der Waals surface area (Å²) in [5, 5.41) is 2.94. The second-order valence-corrected chi connectivity index (χ2v) is 7.09. The Kier molecular flexibility index (Phi) is 3.36. The average Bonchev–Trinajstić information content (AvgIpc) is 2.64. The van der Waals surface area contributed by atoms with Gasteiger partial charge >= 0.3 is 0 Å². The van der Waals surface area contributed by atoms with Crippen LogP contribution in [0.3, 0.4) is 0 Å². The molecule has 15 heavy (non-hydrogen) atoms. The summed E-state index contributed by atoms with van der Waals surface area (Å²) in [5.41, 5.74) is 0.477. The zero-order valence-corrected chi connectivity index (χ0v) is 12.1. The van der Waals surface area contributed by atoms with Crippen LogP contribution in [0.25, 0.3) is 0 Å². The molecule has 1 saturated carbocycles. The van der Waals surface area contributed by atoms with E-state index in [1.165, 1.54) is 18.0 Å². The molecule has 2 unspecified atom stereocenters. The predicted molar refractivity (Wildman–Crippen MR) is 72.0 cm³/mol. The highest BCUT2D eigenvalue weighted by Gasteiger charge is 2.42. The molecule has 2 rings (SSSR count). The highest BCUT2D eigenvalue weighted by Crippen LogP contribution is 2.44. The molecule has 0 amide bonds. The largest absolute Gasteiger partial charge is 0.351 e. The molecule has 0 aromatic rings. The number of amidine groups is 1. The topological polar surface area (TPSA) is 15.6 Å². The quantitative estimate of drug-likeness (QED) is 0.727. The van der Waals surface area contributed by atoms with E-state index in [4.69, 9.17) is 0 Å². The summed E-state index contributed by atoms with van der Waals surface area (Å²) in [6, 6.07) is 0.692. The molecule has 1 fully saturated rings. The van der Waals surface area contributed by atoms with Crippen LogP contribution in [-0.2, 0) is 0 Å². The molecule has 0 spiro atoms. The lowest BCUT2D eigenvalue weighted by Gasteiger charge is -2.49. The van der Waals surface area contributed by atoms with Crippen LogP contribution in [0.5, 0.6) is 0 Å². The highest BCUT2D eigenvalue weighted by atomic mass is 79.9. The van der Waals surface area contributed by atoms with Crippen LogP contribution in [-0.4, -0.2) is 40.3 Å². The third-order valence-electron chi connectivity index (χ3n) is 3.61. The van der Waals surface area contributed by atoms with Gasteiger partial charge in [-0.1, -0.05) is 41.5 Å². The van der Waals surface area contributed by atoms with E-state index in [1.54, 1.807) is 0 Å². The first-order chi connectivity index (χ1) is 7.04. The lowest BCUT2D eigenvalue weighted by molar-refractivity contribution is 0.0571. The van der Waals surface area contributed by atoms with Crippen molar-refractivity contribution < 1.29 is 0 Å². The number of alkyl halides is 1. The van der Waals surface area contributed by atoms with Crippen LogP contribution in [0.2, 0.25) is 0 Å². The van der Waals surface area contributed by atoms with Gasteiger partial charge in [0.25, 0.3) is 0 Å². The van der Waals surface area contributed by atoms with Gasteiger partial charge in [0.1, 0.15) is 0 Å². The molecule has 0 N–H and O–H groups in total. The van der Waals surface area contributed by atoms with Crippen molar-refractivity contribution >= 4 is 32.9 Å². The van der Waals surface area contributed by atoms with Gasteiger partial charge in [-0.25, -0.2) is 0 Å². The Bertz CT molecular complexity index is 278. The summed E-state index contributed by atoms with van der Waals surface area (Å²) >= 11 is 5.46. The Hall–Kier alpha value is 0.300. The Morgan fingerprint density at radius 1 is 1.60 bits per heavy atom. The smallest absolute Gasteiger partial charge is 0.159 e. The molecule has 86 valence electrons. The van der Waals surface area contributed by atoms with Crippen LogP contribution in [0, 0.1) is 5.41 Å². The first kappa shape index (κ1) is 11.8. The van der Waals surface area contributed by atoms with Crippen molar-refractivity contribution in [3.05, 3.63) is 0 Å². The van der Waals surface area contributed by atoms with Crippen LogP contribution in [0.1, 0.15) is 26.7 Å². The van der Waals surface area contributed by atoms with Gasteiger partial charge in [0.15, 0.2) is 5.17 Å². The van der Waals surface area contributed by atoms with Crippen molar-refractivity contribution in [3.63, 3.8) is 0 Å². The van der Waals surface area contributed by atoms with E-state index in [9.17, 15) is 0 Å². The standard InChI is InChI=1S/C11H19BrN2S/c1-11(2)5-4-9(11)14(3)10-13-7-8(6-12)15-10/h8-9H,4-7H2,1-3H3. The van der Waals surface area contributed by atoms with Gasteiger partial charge in [-0.15, -0.1) is 0 Å². The maximum atomic E-state index is 4.63. The van der Waals surface area contributed by atoms with Gasteiger partial charge in [-0.3, -0.25) is 4.99 Å². The average molecular weight is 291 g/mol. The minimum atomic E-state index is 0.477. The number of thioether (sulfide) groups is 1. The summed E-state index contributed by atoms with van der Waals surface area (Å²) in [6.07, 6.45) is 2.67. The van der Waals surface area contributed by atoms with Crippen molar-refractivity contribution in [3.8, 4) is 0 Å². The summed E-state index contributed by atoms with van der Waals surface area (Å²) < 4.78 is 0. The monoisotopic (exact) mass is 290 g/mol. The molecule has 2 aliphatic rings. The van der Waals surface area contributed by atoms with E-state index in [-0.39, 0.29) is 0 Å². The Labute approximate surface area is 105 Å². The summed E-state index contributed by atoms with van der Waals surface area (Å²) in [7, 11) is 2.20. The van der Waals surface area contributed by atoms with E-state index in [2.05, 4.69) is 46.7 Å². The Morgan fingerprint density at radius 2 is 2.33 bits per heavy atom. The maximum absolute atomic E-state index is 4.63. The molecule has 2 nitrogen and oxygen atoms in total. The van der Waals surface area contributed by atoms with Gasteiger partial charge in [-0.2, -0.15) is 0 Å². The molecule has 1 aliphatic heterocycles. The van der Waals surface area contributed by atoms with Crippen LogP contribution in [0.15, 0.2) is 4.99 Å². The van der Waals surface area contributed by atoms with Crippen molar-refractivity contribution in [2.75, 3.05) is 18.9 Å². The van der Waals surface area contributed by atoms with E-state index < -0.39 is 0 Å². The van der Waals surface area contributed by atoms with Crippen LogP contribution in [0.4, 0.5) is 0 Å². The van der Waals surface area contributed by atoms with E-state index >= 15 is 0 Å². The van der Waals surface area contributed by atoms with Gasteiger partial charge in [0.2, 0.25) is 0 Å². The van der Waals surface area contributed by atoms with Gasteiger partial charge in [0.05, 0.1) is 6.54 Å². The third kappa shape index (κ3) is 2.21. The molecule has 0 aromatic carbocycles. The summed E-state index contributed by atoms with van der Waals surface area (Å²) in [6.45, 7) is 5.70. The first-order valence-electron chi connectivity index (χ1n) is 5.54. The maximum Gasteiger partial charge on any atom is 0.159 e. The Morgan fingerprint density at radius 3 is 2.73 bits per heavy atom. The van der Waals surface area contributed by atoms with Crippen molar-refractivity contribution in [1.82, 2.24) is 4.90 Å². The van der Waals surface area contributed by atoms with E-state index in [0.717, 1.165) is 11.9 Å². The van der Waals surface area contributed by atoms with Crippen molar-refractivity contribution in [2.45, 2.75) is 38.0 Å². The third-order valence-corrected chi connectivity index (χ3v) is 6.09. The molecule has 4 heteroatoms. The zero-order valence-electron chi connectivity index (χ0n) is 9.66. The number of nitrogens with zero attached hydrogens (tertiary/aromatic N) is 2. The minimum Gasteiger partial charge on any atom is -0.351 e. The molecule has 2 atom stereocenters. The SMILES string of the molecule is CN(C1=NCC(CBr)S1)C1CCC1(C)C. The number of halogens is 1. The van der Waals surface area contributed by atoms with E-state index in [0.29, 0.717) is 16.7 Å². The fourth-order valence-electron chi connectivity index (χ4n) is 2.38. The number of rotatable bonds is 2. The molecular weight excluding hydrogens is 272 g/mol. The number of hydrogen-bond acceptors (Lipinski definition) is 3. The molecule has 1 aliphatic carbocycles. The van der Waals surface area contributed by atoms with Gasteiger partial charge in [-0.05, 0) is 18.3 Å². The van der Waals surface area contributed by atoms with Crippen molar-refractivity contribution in [2.24, 2.45) is 10.4 Å². The predicted octanol–water partition coefficient (Wildman–Crippen LogP) is 2.97. The normalized spacial score (nSPS) is 33.5. The number of aliphatic imine (C=N–C) groups is 1. The summed E-state index contributed by atoms with van der Waals surface area (Å²) in [5.74, 6) is 0. The molecule has 0 bridgehead atoms. The molecule has 0 saturated heterocycles. The fourth-order valence-corrected chi connectivity index (χ4v) is 3.93. The van der Waals surface area contributed by atoms with Gasteiger partial charge < -0.3 is 4.90 Å². The highest BCUT2D eigenvalue weighted by molar-refractivity contribution is 9.09. The van der Waals surface area contributed by atoms with E-state index in [1.807, 2.05) is 11.8 Å². The van der Waals surface area contributed by atoms with Crippen LogP contribution < -0.4 is 0 Å². The molecule has 0 aromatic heterocycles. The lowest BCUT2D eigenvalue weighted by atomic mass is 9.67. The minimum absolute atomic E-state index is 0.477. The fraction of sp³-hybridized carbons (Fsp3) is 0.909. The second kappa shape index (κ2) is 4.28. The van der Waals surface area contributed by atoms with Crippen molar-refractivity contribution in [1.29, 1.82) is 0 Å². The van der Waals surface area contributed by atoms with Crippen LogP contribution >= 0.6 is 27.7 Å². The first-order valence-corrected chi connectivity index (χ1v) is 7.54. The zero-order chi connectivity index (χ0) is 11.1. The Balaban J connectivity index is 1.95.